The molecule has 1 heterocycles. The number of rotatable bonds is 4. The first-order valence-electron chi connectivity index (χ1n) is 6.25. The zero-order valence-corrected chi connectivity index (χ0v) is 12.2. The van der Waals surface area contributed by atoms with Crippen LogP contribution in [0, 0.1) is 6.92 Å². The van der Waals surface area contributed by atoms with Crippen LogP contribution in [0.1, 0.15) is 5.56 Å². The van der Waals surface area contributed by atoms with Gasteiger partial charge in [0.2, 0.25) is 0 Å². The second kappa shape index (κ2) is 8.11. The number of nitrogens with one attached hydrogen (secondary N) is 2. The molecule has 1 aliphatic rings. The van der Waals surface area contributed by atoms with E-state index in [4.69, 9.17) is 4.74 Å². The quantitative estimate of drug-likeness (QED) is 0.889. The van der Waals surface area contributed by atoms with Gasteiger partial charge in [0.1, 0.15) is 11.9 Å². The number of para-hydroxylation sites is 1. The van der Waals surface area contributed by atoms with Gasteiger partial charge in [-0.1, -0.05) is 12.1 Å². The number of amides is 1. The Kier molecular flexibility index (Phi) is 6.80. The largest absolute Gasteiger partial charge is 0.433 e. The van der Waals surface area contributed by atoms with E-state index in [1.807, 2.05) is 0 Å². The summed E-state index contributed by atoms with van der Waals surface area (Å²) in [7, 11) is 0. The van der Waals surface area contributed by atoms with Crippen molar-refractivity contribution in [3.05, 3.63) is 23.8 Å². The Bertz CT molecular complexity index is 482. The minimum atomic E-state index is -2.94. The highest BCUT2D eigenvalue weighted by atomic mass is 35.5. The van der Waals surface area contributed by atoms with Gasteiger partial charge in [0, 0.05) is 13.1 Å². The molecule has 1 aromatic carbocycles. The molecule has 1 atom stereocenters. The molecule has 1 saturated heterocycles. The third kappa shape index (κ3) is 4.80. The molecule has 1 unspecified atom stereocenters. The van der Waals surface area contributed by atoms with Crippen molar-refractivity contribution in [2.45, 2.75) is 19.6 Å². The summed E-state index contributed by atoms with van der Waals surface area (Å²) in [6, 6.07) is 4.67. The van der Waals surface area contributed by atoms with Gasteiger partial charge in [-0.15, -0.1) is 12.4 Å². The Morgan fingerprint density at radius 1 is 1.52 bits per heavy atom. The van der Waals surface area contributed by atoms with Crippen molar-refractivity contribution < 1.29 is 23.0 Å². The van der Waals surface area contributed by atoms with Crippen LogP contribution in [0.5, 0.6) is 5.75 Å². The van der Waals surface area contributed by atoms with E-state index in [1.165, 1.54) is 6.07 Å². The number of benzene rings is 1. The minimum Gasteiger partial charge on any atom is -0.433 e. The monoisotopic (exact) mass is 322 g/mol. The zero-order valence-electron chi connectivity index (χ0n) is 11.4. The number of anilines is 1. The summed E-state index contributed by atoms with van der Waals surface area (Å²) >= 11 is 0. The fourth-order valence-electron chi connectivity index (χ4n) is 1.93. The highest BCUT2D eigenvalue weighted by Gasteiger charge is 2.23. The van der Waals surface area contributed by atoms with Crippen LogP contribution >= 0.6 is 12.4 Å². The number of halogens is 3. The topological polar surface area (TPSA) is 59.6 Å². The van der Waals surface area contributed by atoms with Crippen molar-refractivity contribution in [3.63, 3.8) is 0 Å². The lowest BCUT2D eigenvalue weighted by Gasteiger charge is -2.23. The number of alkyl halides is 2. The van der Waals surface area contributed by atoms with Crippen molar-refractivity contribution in [2.24, 2.45) is 0 Å². The van der Waals surface area contributed by atoms with Crippen LogP contribution in [-0.2, 0) is 9.53 Å². The molecule has 0 radical (unpaired) electrons. The van der Waals surface area contributed by atoms with Gasteiger partial charge in [-0.3, -0.25) is 4.79 Å². The van der Waals surface area contributed by atoms with Crippen LogP contribution in [0.2, 0.25) is 0 Å². The molecule has 8 heteroatoms. The number of carbonyl (C=O) groups excluding carboxylic acids is 1. The molecule has 0 spiro atoms. The molecule has 0 aromatic heterocycles. The number of hydrogen-bond donors (Lipinski definition) is 2. The SMILES string of the molecule is Cc1cccc(OC(F)F)c1NC(=O)C1CNCCO1.Cl. The highest BCUT2D eigenvalue weighted by Crippen LogP contribution is 2.29. The summed E-state index contributed by atoms with van der Waals surface area (Å²) in [6.07, 6.45) is -0.636. The summed E-state index contributed by atoms with van der Waals surface area (Å²) in [6.45, 7) is 0.275. The summed E-state index contributed by atoms with van der Waals surface area (Å²) in [5, 5.41) is 5.62. The molecule has 21 heavy (non-hydrogen) atoms. The Balaban J connectivity index is 0.00000220. The van der Waals surface area contributed by atoms with Gasteiger partial charge in [0.05, 0.1) is 12.3 Å². The fraction of sp³-hybridized carbons (Fsp3) is 0.462. The third-order valence-electron chi connectivity index (χ3n) is 2.92. The van der Waals surface area contributed by atoms with Crippen LogP contribution in [-0.4, -0.2) is 38.3 Å². The van der Waals surface area contributed by atoms with E-state index in [2.05, 4.69) is 15.4 Å². The van der Waals surface area contributed by atoms with Gasteiger partial charge < -0.3 is 20.1 Å². The molecule has 2 N–H and O–H groups in total. The lowest BCUT2D eigenvalue weighted by Crippen LogP contribution is -2.45. The molecule has 5 nitrogen and oxygen atoms in total. The minimum absolute atomic E-state index is 0. The summed E-state index contributed by atoms with van der Waals surface area (Å²) in [4.78, 5) is 12.0. The predicted molar refractivity (Wildman–Crippen MR) is 76.3 cm³/mol. The molecular weight excluding hydrogens is 306 g/mol. The van der Waals surface area contributed by atoms with Gasteiger partial charge in [-0.05, 0) is 18.6 Å². The zero-order chi connectivity index (χ0) is 14.5. The smallest absolute Gasteiger partial charge is 0.387 e. The molecule has 1 aromatic rings. The summed E-state index contributed by atoms with van der Waals surface area (Å²) < 4.78 is 34.4. The van der Waals surface area contributed by atoms with Crippen LogP contribution in [0.15, 0.2) is 18.2 Å². The standard InChI is InChI=1S/C13H16F2N2O3.ClH/c1-8-3-2-4-9(20-13(14)15)11(8)17-12(18)10-7-16-5-6-19-10;/h2-4,10,13,16H,5-7H2,1H3,(H,17,18);1H. The molecule has 1 amide bonds. The molecule has 0 bridgehead atoms. The van der Waals surface area contributed by atoms with Gasteiger partial charge >= 0.3 is 6.61 Å². The first-order valence-corrected chi connectivity index (χ1v) is 6.25. The van der Waals surface area contributed by atoms with E-state index in [0.29, 0.717) is 25.3 Å². The highest BCUT2D eigenvalue weighted by molar-refractivity contribution is 5.96. The van der Waals surface area contributed by atoms with E-state index < -0.39 is 12.7 Å². The molecule has 1 aliphatic heterocycles. The van der Waals surface area contributed by atoms with Gasteiger partial charge in [-0.25, -0.2) is 0 Å². The van der Waals surface area contributed by atoms with Crippen molar-refractivity contribution in [2.75, 3.05) is 25.0 Å². The third-order valence-corrected chi connectivity index (χ3v) is 2.92. The Labute approximate surface area is 127 Å². The van der Waals surface area contributed by atoms with Crippen molar-refractivity contribution in [1.29, 1.82) is 0 Å². The Morgan fingerprint density at radius 2 is 2.29 bits per heavy atom. The summed E-state index contributed by atoms with van der Waals surface area (Å²) in [5.74, 6) is -0.442. The maximum atomic E-state index is 12.4. The molecule has 0 saturated carbocycles. The molecule has 0 aliphatic carbocycles. The number of morpholine rings is 1. The lowest BCUT2D eigenvalue weighted by atomic mass is 10.1. The van der Waals surface area contributed by atoms with Crippen molar-refractivity contribution in [1.82, 2.24) is 5.32 Å². The lowest BCUT2D eigenvalue weighted by molar-refractivity contribution is -0.128. The first-order chi connectivity index (χ1) is 9.58. The number of ether oxygens (including phenoxy) is 2. The van der Waals surface area contributed by atoms with E-state index >= 15 is 0 Å². The molecule has 2 rings (SSSR count). The molecular formula is C13H17ClF2N2O3. The van der Waals surface area contributed by atoms with E-state index in [-0.39, 0.29) is 29.8 Å². The molecule has 118 valence electrons. The number of carbonyl (C=O) groups is 1. The van der Waals surface area contributed by atoms with Gasteiger partial charge in [-0.2, -0.15) is 8.78 Å². The van der Waals surface area contributed by atoms with Gasteiger partial charge in [0.25, 0.3) is 5.91 Å². The average molecular weight is 323 g/mol. The van der Waals surface area contributed by atoms with Crippen LogP contribution < -0.4 is 15.4 Å². The van der Waals surface area contributed by atoms with E-state index in [1.54, 1.807) is 19.1 Å². The molecule has 1 fully saturated rings. The normalized spacial score (nSPS) is 18.0. The van der Waals surface area contributed by atoms with E-state index in [0.717, 1.165) is 0 Å². The predicted octanol–water partition coefficient (Wildman–Crippen LogP) is 1.95. The van der Waals surface area contributed by atoms with Crippen molar-refractivity contribution >= 4 is 24.0 Å². The number of aryl methyl sites for hydroxylation is 1. The summed E-state index contributed by atoms with van der Waals surface area (Å²) in [5.41, 5.74) is 0.882. The van der Waals surface area contributed by atoms with Crippen LogP contribution in [0.25, 0.3) is 0 Å². The van der Waals surface area contributed by atoms with Gasteiger partial charge in [0.15, 0.2) is 0 Å². The Morgan fingerprint density at radius 3 is 2.90 bits per heavy atom. The second-order valence-corrected chi connectivity index (χ2v) is 4.38. The van der Waals surface area contributed by atoms with Crippen LogP contribution in [0.4, 0.5) is 14.5 Å². The average Bonchev–Trinajstić information content (AvgIpc) is 2.43. The maximum Gasteiger partial charge on any atom is 0.387 e. The maximum absolute atomic E-state index is 12.4. The second-order valence-electron chi connectivity index (χ2n) is 4.38. The first kappa shape index (κ1) is 17.6. The van der Waals surface area contributed by atoms with Crippen molar-refractivity contribution in [3.8, 4) is 5.75 Å². The number of hydrogen-bond acceptors (Lipinski definition) is 4. The van der Waals surface area contributed by atoms with Crippen LogP contribution in [0.3, 0.4) is 0 Å². The Hall–Kier alpha value is -1.44. The fourth-order valence-corrected chi connectivity index (χ4v) is 1.93. The van der Waals surface area contributed by atoms with E-state index in [9.17, 15) is 13.6 Å².